The number of nitrogens with zero attached hydrogens (tertiary/aromatic N) is 3. The van der Waals surface area contributed by atoms with Crippen LogP contribution in [0, 0.1) is 0 Å². The number of aliphatic imine (C=N–C) groups is 1. The molecule has 7 nitrogen and oxygen atoms in total. The Morgan fingerprint density at radius 2 is 1.90 bits per heavy atom. The number of furan rings is 1. The van der Waals surface area contributed by atoms with Crippen molar-refractivity contribution in [2.75, 3.05) is 32.6 Å². The van der Waals surface area contributed by atoms with Gasteiger partial charge in [0.2, 0.25) is 0 Å². The predicted molar refractivity (Wildman–Crippen MR) is 120 cm³/mol. The largest absolute Gasteiger partial charge is 0.497 e. The number of guanidine groups is 1. The van der Waals surface area contributed by atoms with Gasteiger partial charge in [-0.15, -0.1) is 0 Å². The number of pyridine rings is 1. The summed E-state index contributed by atoms with van der Waals surface area (Å²) >= 11 is 0. The van der Waals surface area contributed by atoms with Crippen LogP contribution in [0.3, 0.4) is 0 Å². The van der Waals surface area contributed by atoms with Gasteiger partial charge in [-0.1, -0.05) is 18.2 Å². The highest BCUT2D eigenvalue weighted by Crippen LogP contribution is 2.12. The Bertz CT molecular complexity index is 921. The van der Waals surface area contributed by atoms with Gasteiger partial charge in [0, 0.05) is 27.1 Å². The van der Waals surface area contributed by atoms with E-state index in [1.165, 1.54) is 0 Å². The molecule has 2 aromatic heterocycles. The first-order chi connectivity index (χ1) is 14.6. The molecule has 0 fully saturated rings. The van der Waals surface area contributed by atoms with Crippen molar-refractivity contribution in [3.05, 3.63) is 77.9 Å². The number of rotatable bonds is 9. The lowest BCUT2D eigenvalue weighted by Gasteiger charge is -2.15. The summed E-state index contributed by atoms with van der Waals surface area (Å²) in [5.74, 6) is 3.44. The lowest BCUT2D eigenvalue weighted by molar-refractivity contribution is 0.414. The molecule has 0 radical (unpaired) electrons. The van der Waals surface area contributed by atoms with Crippen LogP contribution in [0.15, 0.2) is 70.3 Å². The maximum Gasteiger partial charge on any atom is 0.191 e. The number of nitrogens with one attached hydrogen (secondary N) is 2. The van der Waals surface area contributed by atoms with Crippen LogP contribution in [0.1, 0.15) is 17.0 Å². The van der Waals surface area contributed by atoms with Gasteiger partial charge in [-0.2, -0.15) is 0 Å². The molecule has 0 aliphatic heterocycles. The summed E-state index contributed by atoms with van der Waals surface area (Å²) in [4.78, 5) is 11.4. The van der Waals surface area contributed by atoms with Gasteiger partial charge < -0.3 is 24.7 Å². The molecular weight excluding hydrogens is 378 g/mol. The van der Waals surface area contributed by atoms with Crippen molar-refractivity contribution in [1.29, 1.82) is 0 Å². The summed E-state index contributed by atoms with van der Waals surface area (Å²) in [7, 11) is 5.63. The Balaban J connectivity index is 1.63. The van der Waals surface area contributed by atoms with Crippen LogP contribution in [0.25, 0.3) is 0 Å². The van der Waals surface area contributed by atoms with E-state index >= 15 is 0 Å². The Hall–Kier alpha value is -3.48. The van der Waals surface area contributed by atoms with Crippen molar-refractivity contribution in [2.24, 2.45) is 4.99 Å². The highest BCUT2D eigenvalue weighted by molar-refractivity contribution is 5.79. The van der Waals surface area contributed by atoms with Crippen LogP contribution in [-0.2, 0) is 19.5 Å². The van der Waals surface area contributed by atoms with Crippen molar-refractivity contribution in [2.45, 2.75) is 19.5 Å². The third-order valence-electron chi connectivity index (χ3n) is 4.51. The zero-order valence-corrected chi connectivity index (χ0v) is 17.8. The molecule has 0 aliphatic carbocycles. The van der Waals surface area contributed by atoms with Crippen LogP contribution in [0.4, 0.5) is 5.82 Å². The molecule has 0 spiro atoms. The molecule has 3 rings (SSSR count). The molecule has 7 heteroatoms. The second-order valence-electron chi connectivity index (χ2n) is 7.00. The highest BCUT2D eigenvalue weighted by atomic mass is 16.5. The number of methoxy groups -OCH3 is 1. The molecule has 3 aromatic rings. The monoisotopic (exact) mass is 407 g/mol. The molecule has 0 saturated carbocycles. The summed E-state index contributed by atoms with van der Waals surface area (Å²) in [6, 6.07) is 17.8. The van der Waals surface area contributed by atoms with E-state index in [1.807, 2.05) is 73.6 Å². The lowest BCUT2D eigenvalue weighted by Crippen LogP contribution is -2.38. The number of ether oxygens (including phenoxy) is 1. The molecule has 30 heavy (non-hydrogen) atoms. The zero-order valence-electron chi connectivity index (χ0n) is 17.8. The number of hydrogen-bond donors (Lipinski definition) is 2. The predicted octanol–water partition coefficient (Wildman–Crippen LogP) is 3.23. The standard InChI is InChI=1S/C23H29N5O2/c1-28(2)22-8-4-6-19(27-22)17-26-23(24-14-13-21-7-5-15-30-21)25-16-18-9-11-20(29-3)12-10-18/h4-12,15H,13-14,16-17H2,1-3H3,(H2,24,25,26). The van der Waals surface area contributed by atoms with E-state index in [-0.39, 0.29) is 0 Å². The minimum Gasteiger partial charge on any atom is -0.497 e. The van der Waals surface area contributed by atoms with Gasteiger partial charge >= 0.3 is 0 Å². The number of benzene rings is 1. The maximum absolute atomic E-state index is 5.40. The smallest absolute Gasteiger partial charge is 0.191 e. The molecule has 0 aliphatic rings. The average Bonchev–Trinajstić information content (AvgIpc) is 3.29. The Kier molecular flexibility index (Phi) is 7.71. The molecule has 0 bridgehead atoms. The van der Waals surface area contributed by atoms with Gasteiger partial charge in [0.15, 0.2) is 5.96 Å². The zero-order chi connectivity index (χ0) is 21.2. The summed E-state index contributed by atoms with van der Waals surface area (Å²) < 4.78 is 10.6. The molecule has 2 heterocycles. The van der Waals surface area contributed by atoms with Gasteiger partial charge in [-0.25, -0.2) is 9.98 Å². The van der Waals surface area contributed by atoms with Crippen LogP contribution < -0.4 is 20.3 Å². The summed E-state index contributed by atoms with van der Waals surface area (Å²) in [5.41, 5.74) is 2.06. The molecule has 0 atom stereocenters. The quantitative estimate of drug-likeness (QED) is 0.419. The lowest BCUT2D eigenvalue weighted by atomic mass is 10.2. The molecule has 2 N–H and O–H groups in total. The number of aromatic nitrogens is 1. The van der Waals surface area contributed by atoms with E-state index in [4.69, 9.17) is 14.1 Å². The van der Waals surface area contributed by atoms with E-state index in [9.17, 15) is 0 Å². The maximum atomic E-state index is 5.40. The second-order valence-corrected chi connectivity index (χ2v) is 7.00. The summed E-state index contributed by atoms with van der Waals surface area (Å²) in [6.07, 6.45) is 2.47. The number of anilines is 1. The van der Waals surface area contributed by atoms with Crippen LogP contribution in [-0.4, -0.2) is 38.7 Å². The second kappa shape index (κ2) is 10.9. The van der Waals surface area contributed by atoms with E-state index < -0.39 is 0 Å². The van der Waals surface area contributed by atoms with Gasteiger partial charge in [-0.3, -0.25) is 0 Å². The minimum absolute atomic E-state index is 0.561. The van der Waals surface area contributed by atoms with E-state index in [0.717, 1.165) is 41.0 Å². The molecule has 0 saturated heterocycles. The molecule has 0 amide bonds. The SMILES string of the molecule is COc1ccc(CN=C(NCCc2ccco2)NCc2cccc(N(C)C)n2)cc1. The third-order valence-corrected chi connectivity index (χ3v) is 4.51. The van der Waals surface area contributed by atoms with Gasteiger partial charge in [0.25, 0.3) is 0 Å². The van der Waals surface area contributed by atoms with Gasteiger partial charge in [0.05, 0.1) is 32.2 Å². The Morgan fingerprint density at radius 3 is 2.60 bits per heavy atom. The van der Waals surface area contributed by atoms with Crippen molar-refractivity contribution < 1.29 is 9.15 Å². The molecule has 158 valence electrons. The number of hydrogen-bond acceptors (Lipinski definition) is 5. The van der Waals surface area contributed by atoms with Crippen LogP contribution >= 0.6 is 0 Å². The molecular formula is C23H29N5O2. The van der Waals surface area contributed by atoms with Gasteiger partial charge in [-0.05, 0) is 42.0 Å². The van der Waals surface area contributed by atoms with Crippen molar-refractivity contribution in [3.63, 3.8) is 0 Å². The van der Waals surface area contributed by atoms with Crippen LogP contribution in [0.5, 0.6) is 5.75 Å². The topological polar surface area (TPSA) is 74.9 Å². The first-order valence-electron chi connectivity index (χ1n) is 9.95. The van der Waals surface area contributed by atoms with E-state index in [2.05, 4.69) is 15.6 Å². The Labute approximate surface area is 177 Å². The first kappa shape index (κ1) is 21.2. The third kappa shape index (κ3) is 6.55. The Morgan fingerprint density at radius 1 is 1.07 bits per heavy atom. The molecule has 0 unspecified atom stereocenters. The van der Waals surface area contributed by atoms with E-state index in [1.54, 1.807) is 13.4 Å². The summed E-state index contributed by atoms with van der Waals surface area (Å²) in [5, 5.41) is 6.75. The fraction of sp³-hybridized carbons (Fsp3) is 0.304. The van der Waals surface area contributed by atoms with Crippen LogP contribution in [0.2, 0.25) is 0 Å². The normalized spacial score (nSPS) is 11.2. The van der Waals surface area contributed by atoms with Gasteiger partial charge in [0.1, 0.15) is 17.3 Å². The average molecular weight is 408 g/mol. The van der Waals surface area contributed by atoms with Crippen molar-refractivity contribution in [3.8, 4) is 5.75 Å². The highest BCUT2D eigenvalue weighted by Gasteiger charge is 2.04. The van der Waals surface area contributed by atoms with Crippen molar-refractivity contribution >= 4 is 11.8 Å². The first-order valence-corrected chi connectivity index (χ1v) is 9.95. The fourth-order valence-electron chi connectivity index (χ4n) is 2.82. The van der Waals surface area contributed by atoms with E-state index in [0.29, 0.717) is 19.6 Å². The summed E-state index contributed by atoms with van der Waals surface area (Å²) in [6.45, 7) is 1.86. The fourth-order valence-corrected chi connectivity index (χ4v) is 2.82. The molecule has 1 aromatic carbocycles. The minimum atomic E-state index is 0.561. The van der Waals surface area contributed by atoms with Crippen molar-refractivity contribution in [1.82, 2.24) is 15.6 Å².